The van der Waals surface area contributed by atoms with Gasteiger partial charge in [0, 0.05) is 0 Å². The van der Waals surface area contributed by atoms with E-state index in [1.54, 1.807) is 25.3 Å². The molecule has 0 aliphatic carbocycles. The van der Waals surface area contributed by atoms with Crippen LogP contribution in [-0.4, -0.2) is 25.3 Å². The van der Waals surface area contributed by atoms with Gasteiger partial charge in [0.1, 0.15) is 5.75 Å². The molecule has 1 aromatic rings. The SMILES string of the molecule is COC(=O)C[C@H](O)c1ccc(OC)c(C)c1. The Morgan fingerprint density at radius 2 is 2.12 bits per heavy atom. The van der Waals surface area contributed by atoms with E-state index in [0.29, 0.717) is 5.56 Å². The molecule has 1 N–H and O–H groups in total. The zero-order valence-electron chi connectivity index (χ0n) is 9.69. The first-order valence-electron chi connectivity index (χ1n) is 4.98. The molecule has 1 rings (SSSR count). The molecule has 0 bridgehead atoms. The van der Waals surface area contributed by atoms with Crippen LogP contribution in [0.1, 0.15) is 23.7 Å². The minimum atomic E-state index is -0.836. The second kappa shape index (κ2) is 5.51. The lowest BCUT2D eigenvalue weighted by Gasteiger charge is -2.12. The fourth-order valence-corrected chi connectivity index (χ4v) is 1.47. The van der Waals surface area contributed by atoms with E-state index in [2.05, 4.69) is 4.74 Å². The third kappa shape index (κ3) is 2.97. The van der Waals surface area contributed by atoms with Crippen LogP contribution >= 0.6 is 0 Å². The molecule has 88 valence electrons. The smallest absolute Gasteiger partial charge is 0.308 e. The molecule has 0 saturated heterocycles. The Bertz CT molecular complexity index is 373. The van der Waals surface area contributed by atoms with Crippen LogP contribution in [0.15, 0.2) is 18.2 Å². The van der Waals surface area contributed by atoms with Crippen molar-refractivity contribution in [1.29, 1.82) is 0 Å². The lowest BCUT2D eigenvalue weighted by Crippen LogP contribution is -2.08. The van der Waals surface area contributed by atoms with Gasteiger partial charge in [0.15, 0.2) is 0 Å². The van der Waals surface area contributed by atoms with Gasteiger partial charge in [-0.15, -0.1) is 0 Å². The largest absolute Gasteiger partial charge is 0.496 e. The van der Waals surface area contributed by atoms with Gasteiger partial charge in [0.25, 0.3) is 0 Å². The van der Waals surface area contributed by atoms with Crippen LogP contribution in [0, 0.1) is 6.92 Å². The molecule has 1 aromatic carbocycles. The number of aryl methyl sites for hydroxylation is 1. The zero-order valence-corrected chi connectivity index (χ0v) is 9.69. The van der Waals surface area contributed by atoms with E-state index in [0.717, 1.165) is 11.3 Å². The standard InChI is InChI=1S/C12H16O4/c1-8-6-9(4-5-11(8)15-2)10(13)7-12(14)16-3/h4-6,10,13H,7H2,1-3H3/t10-/m0/s1. The Morgan fingerprint density at radius 1 is 1.44 bits per heavy atom. The summed E-state index contributed by atoms with van der Waals surface area (Å²) in [5.41, 5.74) is 1.60. The summed E-state index contributed by atoms with van der Waals surface area (Å²) in [6.07, 6.45) is -0.875. The maximum absolute atomic E-state index is 11.0. The van der Waals surface area contributed by atoms with E-state index in [9.17, 15) is 9.90 Å². The molecule has 0 heterocycles. The Labute approximate surface area is 94.8 Å². The first kappa shape index (κ1) is 12.5. The molecule has 16 heavy (non-hydrogen) atoms. The molecule has 4 nitrogen and oxygen atoms in total. The van der Waals surface area contributed by atoms with Gasteiger partial charge in [-0.2, -0.15) is 0 Å². The highest BCUT2D eigenvalue weighted by Crippen LogP contribution is 2.24. The van der Waals surface area contributed by atoms with Gasteiger partial charge in [0.05, 0.1) is 26.7 Å². The molecule has 1 atom stereocenters. The molecule has 0 aliphatic rings. The van der Waals surface area contributed by atoms with Gasteiger partial charge >= 0.3 is 5.97 Å². The minimum absolute atomic E-state index is 0.0394. The number of esters is 1. The van der Waals surface area contributed by atoms with Crippen LogP contribution in [0.5, 0.6) is 5.75 Å². The van der Waals surface area contributed by atoms with Crippen LogP contribution in [0.3, 0.4) is 0 Å². The highest BCUT2D eigenvalue weighted by Gasteiger charge is 2.14. The monoisotopic (exact) mass is 224 g/mol. The van der Waals surface area contributed by atoms with Crippen LogP contribution in [0.25, 0.3) is 0 Å². The summed E-state index contributed by atoms with van der Waals surface area (Å²) < 4.78 is 9.60. The number of benzene rings is 1. The Hall–Kier alpha value is -1.55. The number of aliphatic hydroxyl groups is 1. The summed E-state index contributed by atoms with van der Waals surface area (Å²) >= 11 is 0. The minimum Gasteiger partial charge on any atom is -0.496 e. The molecule has 4 heteroatoms. The van der Waals surface area contributed by atoms with E-state index in [-0.39, 0.29) is 6.42 Å². The van der Waals surface area contributed by atoms with Gasteiger partial charge in [0.2, 0.25) is 0 Å². The molecule has 0 unspecified atom stereocenters. The normalized spacial score (nSPS) is 12.0. The van der Waals surface area contributed by atoms with E-state index in [4.69, 9.17) is 4.74 Å². The van der Waals surface area contributed by atoms with Crippen molar-refractivity contribution >= 4 is 5.97 Å². The van der Waals surface area contributed by atoms with Crippen LogP contribution in [0.2, 0.25) is 0 Å². The van der Waals surface area contributed by atoms with Crippen molar-refractivity contribution in [1.82, 2.24) is 0 Å². The Balaban J connectivity index is 2.80. The van der Waals surface area contributed by atoms with Crippen molar-refractivity contribution in [2.45, 2.75) is 19.4 Å². The number of methoxy groups -OCH3 is 2. The van der Waals surface area contributed by atoms with Crippen molar-refractivity contribution < 1.29 is 19.4 Å². The van der Waals surface area contributed by atoms with Crippen molar-refractivity contribution in [3.63, 3.8) is 0 Å². The predicted molar refractivity (Wildman–Crippen MR) is 59.3 cm³/mol. The fourth-order valence-electron chi connectivity index (χ4n) is 1.47. The molecule has 0 radical (unpaired) electrons. The third-order valence-electron chi connectivity index (χ3n) is 2.39. The molecule has 0 aliphatic heterocycles. The molecule has 0 saturated carbocycles. The fraction of sp³-hybridized carbons (Fsp3) is 0.417. The van der Waals surface area contributed by atoms with E-state index in [1.807, 2.05) is 6.92 Å². The number of hydrogen-bond donors (Lipinski definition) is 1. The molecular weight excluding hydrogens is 208 g/mol. The summed E-state index contributed by atoms with van der Waals surface area (Å²) in [7, 11) is 2.89. The summed E-state index contributed by atoms with van der Waals surface area (Å²) in [6, 6.07) is 5.30. The summed E-state index contributed by atoms with van der Waals surface area (Å²) in [5, 5.41) is 9.77. The number of carbonyl (C=O) groups is 1. The quantitative estimate of drug-likeness (QED) is 0.789. The highest BCUT2D eigenvalue weighted by atomic mass is 16.5. The summed E-state index contributed by atoms with van der Waals surface area (Å²) in [6.45, 7) is 1.88. The van der Waals surface area contributed by atoms with E-state index < -0.39 is 12.1 Å². The topological polar surface area (TPSA) is 55.8 Å². The predicted octanol–water partition coefficient (Wildman–Crippen LogP) is 1.60. The first-order chi connectivity index (χ1) is 7.58. The van der Waals surface area contributed by atoms with Crippen molar-refractivity contribution in [3.8, 4) is 5.75 Å². The average Bonchev–Trinajstić information content (AvgIpc) is 2.28. The van der Waals surface area contributed by atoms with Crippen LogP contribution < -0.4 is 4.74 Å². The van der Waals surface area contributed by atoms with Crippen molar-refractivity contribution in [3.05, 3.63) is 29.3 Å². The maximum atomic E-state index is 11.0. The van der Waals surface area contributed by atoms with E-state index in [1.165, 1.54) is 7.11 Å². The maximum Gasteiger partial charge on any atom is 0.308 e. The van der Waals surface area contributed by atoms with Crippen LogP contribution in [0.4, 0.5) is 0 Å². The zero-order chi connectivity index (χ0) is 12.1. The van der Waals surface area contributed by atoms with E-state index >= 15 is 0 Å². The number of aliphatic hydroxyl groups excluding tert-OH is 1. The molecule has 0 spiro atoms. The van der Waals surface area contributed by atoms with Gasteiger partial charge < -0.3 is 14.6 Å². The number of carbonyl (C=O) groups excluding carboxylic acids is 1. The van der Waals surface area contributed by atoms with Gasteiger partial charge in [-0.1, -0.05) is 6.07 Å². The second-order valence-corrected chi connectivity index (χ2v) is 3.53. The number of hydrogen-bond acceptors (Lipinski definition) is 4. The third-order valence-corrected chi connectivity index (χ3v) is 2.39. The number of rotatable bonds is 4. The summed E-state index contributed by atoms with van der Waals surface area (Å²) in [5.74, 6) is 0.329. The van der Waals surface area contributed by atoms with Crippen molar-refractivity contribution in [2.24, 2.45) is 0 Å². The molecule has 0 amide bonds. The Morgan fingerprint density at radius 3 is 2.62 bits per heavy atom. The van der Waals surface area contributed by atoms with Gasteiger partial charge in [-0.25, -0.2) is 0 Å². The highest BCUT2D eigenvalue weighted by molar-refractivity contribution is 5.70. The molecule has 0 aromatic heterocycles. The van der Waals surface area contributed by atoms with Gasteiger partial charge in [-0.05, 0) is 30.2 Å². The number of ether oxygens (including phenoxy) is 2. The molecule has 0 fully saturated rings. The van der Waals surface area contributed by atoms with Crippen LogP contribution in [-0.2, 0) is 9.53 Å². The van der Waals surface area contributed by atoms with Crippen molar-refractivity contribution in [2.75, 3.05) is 14.2 Å². The molecular formula is C12H16O4. The average molecular weight is 224 g/mol. The van der Waals surface area contributed by atoms with Gasteiger partial charge in [-0.3, -0.25) is 4.79 Å². The lowest BCUT2D eigenvalue weighted by molar-refractivity contribution is -0.142. The first-order valence-corrected chi connectivity index (χ1v) is 4.98. The lowest BCUT2D eigenvalue weighted by atomic mass is 10.0. The summed E-state index contributed by atoms with van der Waals surface area (Å²) in [4.78, 5) is 11.0. The second-order valence-electron chi connectivity index (χ2n) is 3.53. The Kier molecular flexibility index (Phi) is 4.31.